The fourth-order valence-electron chi connectivity index (χ4n) is 2.61. The van der Waals surface area contributed by atoms with Crippen LogP contribution in [0.5, 0.6) is 0 Å². The smallest absolute Gasteiger partial charge is 0.220 e. The lowest BCUT2D eigenvalue weighted by atomic mass is 9.93. The SMILES string of the molecule is CCCCCCC(CCCCc1ccccc1)C(N)=O. The van der Waals surface area contributed by atoms with Crippen molar-refractivity contribution in [3.05, 3.63) is 35.9 Å². The van der Waals surface area contributed by atoms with Gasteiger partial charge in [0.05, 0.1) is 0 Å². The maximum absolute atomic E-state index is 11.4. The van der Waals surface area contributed by atoms with Crippen LogP contribution in [0.2, 0.25) is 0 Å². The van der Waals surface area contributed by atoms with E-state index in [4.69, 9.17) is 5.73 Å². The molecule has 0 radical (unpaired) electrons. The van der Waals surface area contributed by atoms with Crippen molar-refractivity contribution in [2.75, 3.05) is 0 Å². The highest BCUT2D eigenvalue weighted by Gasteiger charge is 2.14. The summed E-state index contributed by atoms with van der Waals surface area (Å²) in [6.45, 7) is 2.20. The molecule has 0 aromatic heterocycles. The van der Waals surface area contributed by atoms with Crippen molar-refractivity contribution >= 4 is 5.91 Å². The first-order valence-electron chi connectivity index (χ1n) is 8.07. The molecule has 1 rings (SSSR count). The normalized spacial score (nSPS) is 12.2. The molecule has 0 spiro atoms. The zero-order valence-electron chi connectivity index (χ0n) is 12.8. The third kappa shape index (κ3) is 7.32. The van der Waals surface area contributed by atoms with E-state index in [1.165, 1.54) is 24.8 Å². The van der Waals surface area contributed by atoms with E-state index in [2.05, 4.69) is 31.2 Å². The lowest BCUT2D eigenvalue weighted by Gasteiger charge is -2.13. The molecule has 112 valence electrons. The molecular formula is C18H29NO. The minimum Gasteiger partial charge on any atom is -0.369 e. The third-order valence-electron chi connectivity index (χ3n) is 3.92. The van der Waals surface area contributed by atoms with Crippen LogP contribution >= 0.6 is 0 Å². The molecular weight excluding hydrogens is 246 g/mol. The Morgan fingerprint density at radius 3 is 2.25 bits per heavy atom. The first kappa shape index (κ1) is 16.7. The van der Waals surface area contributed by atoms with Crippen LogP contribution in [0, 0.1) is 5.92 Å². The molecule has 1 amide bonds. The number of unbranched alkanes of at least 4 members (excludes halogenated alkanes) is 4. The molecule has 0 bridgehead atoms. The van der Waals surface area contributed by atoms with Crippen LogP contribution in [0.3, 0.4) is 0 Å². The second kappa shape index (κ2) is 10.5. The Bertz CT molecular complexity index is 361. The largest absolute Gasteiger partial charge is 0.369 e. The van der Waals surface area contributed by atoms with Gasteiger partial charge in [-0.15, -0.1) is 0 Å². The number of carbonyl (C=O) groups is 1. The topological polar surface area (TPSA) is 43.1 Å². The first-order valence-corrected chi connectivity index (χ1v) is 8.07. The first-order chi connectivity index (χ1) is 9.74. The number of carbonyl (C=O) groups excluding carboxylic acids is 1. The predicted octanol–water partition coefficient (Wildman–Crippen LogP) is 4.47. The molecule has 0 aliphatic heterocycles. The van der Waals surface area contributed by atoms with Gasteiger partial charge in [-0.25, -0.2) is 0 Å². The summed E-state index contributed by atoms with van der Waals surface area (Å²) in [5.74, 6) is -0.0242. The second-order valence-electron chi connectivity index (χ2n) is 5.68. The predicted molar refractivity (Wildman–Crippen MR) is 85.4 cm³/mol. The van der Waals surface area contributed by atoms with Crippen molar-refractivity contribution in [1.82, 2.24) is 0 Å². The molecule has 0 saturated heterocycles. The van der Waals surface area contributed by atoms with Crippen molar-refractivity contribution in [3.63, 3.8) is 0 Å². The fraction of sp³-hybridized carbons (Fsp3) is 0.611. The summed E-state index contributed by atoms with van der Waals surface area (Å²) in [5.41, 5.74) is 6.89. The van der Waals surface area contributed by atoms with Gasteiger partial charge in [0, 0.05) is 5.92 Å². The molecule has 0 saturated carbocycles. The van der Waals surface area contributed by atoms with Crippen LogP contribution in [0.25, 0.3) is 0 Å². The van der Waals surface area contributed by atoms with E-state index in [1.54, 1.807) is 0 Å². The van der Waals surface area contributed by atoms with Gasteiger partial charge >= 0.3 is 0 Å². The van der Waals surface area contributed by atoms with Crippen molar-refractivity contribution < 1.29 is 4.79 Å². The van der Waals surface area contributed by atoms with E-state index in [0.29, 0.717) is 0 Å². The van der Waals surface area contributed by atoms with E-state index in [0.717, 1.165) is 38.5 Å². The summed E-state index contributed by atoms with van der Waals surface area (Å²) >= 11 is 0. The quantitative estimate of drug-likeness (QED) is 0.595. The van der Waals surface area contributed by atoms with Gasteiger partial charge in [-0.2, -0.15) is 0 Å². The van der Waals surface area contributed by atoms with Gasteiger partial charge in [-0.3, -0.25) is 4.79 Å². The van der Waals surface area contributed by atoms with E-state index in [1.807, 2.05) is 6.07 Å². The lowest BCUT2D eigenvalue weighted by molar-refractivity contribution is -0.122. The van der Waals surface area contributed by atoms with Gasteiger partial charge in [0.2, 0.25) is 5.91 Å². The Labute approximate surface area is 123 Å². The number of amides is 1. The molecule has 1 aromatic carbocycles. The van der Waals surface area contributed by atoms with Gasteiger partial charge in [0.15, 0.2) is 0 Å². The maximum atomic E-state index is 11.4. The van der Waals surface area contributed by atoms with Gasteiger partial charge in [0.25, 0.3) is 0 Å². The number of nitrogens with two attached hydrogens (primary N) is 1. The number of hydrogen-bond donors (Lipinski definition) is 1. The Balaban J connectivity index is 2.17. The molecule has 20 heavy (non-hydrogen) atoms. The fourth-order valence-corrected chi connectivity index (χ4v) is 2.61. The van der Waals surface area contributed by atoms with E-state index in [-0.39, 0.29) is 11.8 Å². The molecule has 0 fully saturated rings. The molecule has 0 heterocycles. The second-order valence-corrected chi connectivity index (χ2v) is 5.68. The van der Waals surface area contributed by atoms with Crippen LogP contribution in [-0.2, 0) is 11.2 Å². The number of benzene rings is 1. The molecule has 1 unspecified atom stereocenters. The molecule has 2 nitrogen and oxygen atoms in total. The van der Waals surface area contributed by atoms with Crippen molar-refractivity contribution in [2.45, 2.75) is 64.7 Å². The highest BCUT2D eigenvalue weighted by Crippen LogP contribution is 2.18. The number of rotatable bonds is 11. The van der Waals surface area contributed by atoms with Crippen molar-refractivity contribution in [2.24, 2.45) is 11.7 Å². The molecule has 1 atom stereocenters. The summed E-state index contributed by atoms with van der Waals surface area (Å²) in [7, 11) is 0. The Hall–Kier alpha value is -1.31. The van der Waals surface area contributed by atoms with E-state index in [9.17, 15) is 4.79 Å². The zero-order chi connectivity index (χ0) is 14.6. The number of hydrogen-bond acceptors (Lipinski definition) is 1. The summed E-state index contributed by atoms with van der Waals surface area (Å²) in [6, 6.07) is 10.5. The number of primary amides is 1. The van der Waals surface area contributed by atoms with Gasteiger partial charge < -0.3 is 5.73 Å². The van der Waals surface area contributed by atoms with Gasteiger partial charge in [0.1, 0.15) is 0 Å². The zero-order valence-corrected chi connectivity index (χ0v) is 12.8. The minimum absolute atomic E-state index is 0.0858. The van der Waals surface area contributed by atoms with Crippen molar-refractivity contribution in [1.29, 1.82) is 0 Å². The standard InChI is InChI=1S/C18H29NO/c1-2-3-4-8-14-17(18(19)20)15-10-9-13-16-11-6-5-7-12-16/h5-7,11-12,17H,2-4,8-10,13-15H2,1H3,(H2,19,20). The molecule has 1 aromatic rings. The summed E-state index contributed by atoms with van der Waals surface area (Å²) in [5, 5.41) is 0. The molecule has 2 heteroatoms. The lowest BCUT2D eigenvalue weighted by Crippen LogP contribution is -2.23. The van der Waals surface area contributed by atoms with Crippen LogP contribution in [-0.4, -0.2) is 5.91 Å². The molecule has 0 aliphatic carbocycles. The van der Waals surface area contributed by atoms with Crippen LogP contribution < -0.4 is 5.73 Å². The Morgan fingerprint density at radius 1 is 1.00 bits per heavy atom. The Kier molecular flexibility index (Phi) is 8.77. The monoisotopic (exact) mass is 275 g/mol. The van der Waals surface area contributed by atoms with E-state index >= 15 is 0 Å². The van der Waals surface area contributed by atoms with E-state index < -0.39 is 0 Å². The molecule has 0 aliphatic rings. The summed E-state index contributed by atoms with van der Waals surface area (Å²) < 4.78 is 0. The van der Waals surface area contributed by atoms with Crippen molar-refractivity contribution in [3.8, 4) is 0 Å². The minimum atomic E-state index is -0.110. The average molecular weight is 275 g/mol. The highest BCUT2D eigenvalue weighted by atomic mass is 16.1. The highest BCUT2D eigenvalue weighted by molar-refractivity contribution is 5.76. The third-order valence-corrected chi connectivity index (χ3v) is 3.92. The van der Waals surface area contributed by atoms with Crippen LogP contribution in [0.1, 0.15) is 63.9 Å². The van der Waals surface area contributed by atoms with Crippen LogP contribution in [0.4, 0.5) is 0 Å². The van der Waals surface area contributed by atoms with Gasteiger partial charge in [-0.05, 0) is 31.2 Å². The molecule has 2 N–H and O–H groups in total. The van der Waals surface area contributed by atoms with Gasteiger partial charge in [-0.1, -0.05) is 69.4 Å². The number of aryl methyl sites for hydroxylation is 1. The Morgan fingerprint density at radius 2 is 1.65 bits per heavy atom. The average Bonchev–Trinajstić information content (AvgIpc) is 2.46. The van der Waals surface area contributed by atoms with Crippen LogP contribution in [0.15, 0.2) is 30.3 Å². The maximum Gasteiger partial charge on any atom is 0.220 e. The summed E-state index contributed by atoms with van der Waals surface area (Å²) in [6.07, 6.45) is 10.1. The summed E-state index contributed by atoms with van der Waals surface area (Å²) in [4.78, 5) is 11.4.